The van der Waals surface area contributed by atoms with Gasteiger partial charge < -0.3 is 20.5 Å². The molecule has 0 heterocycles. The molecule has 0 aliphatic heterocycles. The Hall–Kier alpha value is -1.74. The molecule has 6 heteroatoms. The summed E-state index contributed by atoms with van der Waals surface area (Å²) in [7, 11) is 1.34. The van der Waals surface area contributed by atoms with Crippen molar-refractivity contribution in [3.63, 3.8) is 0 Å². The molecule has 0 aliphatic rings. The van der Waals surface area contributed by atoms with Crippen LogP contribution in [0.4, 0.5) is 4.79 Å². The van der Waals surface area contributed by atoms with E-state index in [1.165, 1.54) is 7.11 Å². The maximum atomic E-state index is 11.0. The summed E-state index contributed by atoms with van der Waals surface area (Å²) in [5.41, 5.74) is 0. The molecule has 0 rings (SSSR count). The largest absolute Gasteiger partial charge is 0.480 e. The van der Waals surface area contributed by atoms with Crippen molar-refractivity contribution in [2.75, 3.05) is 20.3 Å². The third kappa shape index (κ3) is 5.00. The van der Waals surface area contributed by atoms with Crippen LogP contribution in [0.15, 0.2) is 0 Å². The van der Waals surface area contributed by atoms with Gasteiger partial charge in [0.25, 0.3) is 0 Å². The lowest BCUT2D eigenvalue weighted by Crippen LogP contribution is -2.48. The lowest BCUT2D eigenvalue weighted by molar-refractivity contribution is -0.140. The van der Waals surface area contributed by atoms with E-state index in [1.807, 2.05) is 0 Å². The first-order valence-electron chi connectivity index (χ1n) is 3.81. The molecule has 0 saturated carbocycles. The molecule has 2 amide bonds. The Balaban J connectivity index is 3.97. The average molecular weight is 200 g/mol. The molecule has 0 fully saturated rings. The molecule has 0 aromatic heterocycles. The fourth-order valence-electron chi connectivity index (χ4n) is 0.682. The second kappa shape index (κ2) is 6.74. The summed E-state index contributed by atoms with van der Waals surface area (Å²) in [5.74, 6) is 1.02. The van der Waals surface area contributed by atoms with Crippen molar-refractivity contribution < 1.29 is 19.4 Å². The van der Waals surface area contributed by atoms with Crippen LogP contribution in [0.5, 0.6) is 0 Å². The van der Waals surface area contributed by atoms with Crippen LogP contribution in [0.3, 0.4) is 0 Å². The zero-order valence-corrected chi connectivity index (χ0v) is 7.74. The van der Waals surface area contributed by atoms with Gasteiger partial charge in [-0.2, -0.15) is 0 Å². The van der Waals surface area contributed by atoms with E-state index < -0.39 is 18.0 Å². The number of aliphatic carboxylic acids is 1. The molecule has 6 nitrogen and oxygen atoms in total. The van der Waals surface area contributed by atoms with Gasteiger partial charge in [0.05, 0.1) is 13.2 Å². The smallest absolute Gasteiger partial charge is 0.328 e. The molecule has 0 aliphatic carbocycles. The molecule has 1 atom stereocenters. The standard InChI is InChI=1S/C8H12N2O4/c1-3-4-9-8(13)10-6(5-14-2)7(11)12/h1,6H,4-5H2,2H3,(H,11,12)(H2,9,10,13). The molecule has 3 N–H and O–H groups in total. The Kier molecular flexibility index (Phi) is 5.90. The summed E-state index contributed by atoms with van der Waals surface area (Å²) in [6.07, 6.45) is 4.89. The third-order valence-corrected chi connectivity index (χ3v) is 1.29. The maximum Gasteiger partial charge on any atom is 0.328 e. The lowest BCUT2D eigenvalue weighted by atomic mass is 10.3. The fraction of sp³-hybridized carbons (Fsp3) is 0.500. The van der Waals surface area contributed by atoms with Gasteiger partial charge in [-0.1, -0.05) is 5.92 Å². The monoisotopic (exact) mass is 200 g/mol. The van der Waals surface area contributed by atoms with Gasteiger partial charge in [-0.3, -0.25) is 0 Å². The SMILES string of the molecule is C#CCNC(=O)NC(COC)C(=O)O. The molecular formula is C8H12N2O4. The summed E-state index contributed by atoms with van der Waals surface area (Å²) >= 11 is 0. The summed E-state index contributed by atoms with van der Waals surface area (Å²) in [5, 5.41) is 13.1. The Morgan fingerprint density at radius 2 is 2.29 bits per heavy atom. The number of amides is 2. The van der Waals surface area contributed by atoms with Gasteiger partial charge in [0.2, 0.25) is 0 Å². The van der Waals surface area contributed by atoms with E-state index >= 15 is 0 Å². The Bertz CT molecular complexity index is 246. The normalized spacial score (nSPS) is 11.1. The minimum Gasteiger partial charge on any atom is -0.480 e. The number of carboxylic acid groups (broad SMARTS) is 1. The third-order valence-electron chi connectivity index (χ3n) is 1.29. The number of ether oxygens (including phenoxy) is 1. The van der Waals surface area contributed by atoms with Crippen molar-refractivity contribution in [3.05, 3.63) is 0 Å². The van der Waals surface area contributed by atoms with E-state index in [4.69, 9.17) is 11.5 Å². The summed E-state index contributed by atoms with van der Waals surface area (Å²) in [6.45, 7) is -0.0516. The highest BCUT2D eigenvalue weighted by molar-refractivity contribution is 5.82. The number of hydrogen-bond donors (Lipinski definition) is 3. The topological polar surface area (TPSA) is 87.7 Å². The first kappa shape index (κ1) is 12.3. The quantitative estimate of drug-likeness (QED) is 0.498. The number of terminal acetylenes is 1. The van der Waals surface area contributed by atoms with Crippen LogP contribution in [0, 0.1) is 12.3 Å². The van der Waals surface area contributed by atoms with Crippen molar-refractivity contribution in [1.82, 2.24) is 10.6 Å². The molecule has 0 saturated heterocycles. The number of carbonyl (C=O) groups is 2. The minimum atomic E-state index is -1.16. The fourth-order valence-corrected chi connectivity index (χ4v) is 0.682. The zero-order valence-electron chi connectivity index (χ0n) is 7.74. The van der Waals surface area contributed by atoms with Crippen molar-refractivity contribution >= 4 is 12.0 Å². The van der Waals surface area contributed by atoms with Crippen LogP contribution >= 0.6 is 0 Å². The molecule has 78 valence electrons. The minimum absolute atomic E-state index is 0.0468. The first-order chi connectivity index (χ1) is 6.61. The van der Waals surface area contributed by atoms with Gasteiger partial charge in [-0.15, -0.1) is 6.42 Å². The predicted molar refractivity (Wildman–Crippen MR) is 48.7 cm³/mol. The summed E-state index contributed by atoms with van der Waals surface area (Å²) in [4.78, 5) is 21.5. The van der Waals surface area contributed by atoms with E-state index in [0.717, 1.165) is 0 Å². The average Bonchev–Trinajstić information content (AvgIpc) is 2.14. The van der Waals surface area contributed by atoms with E-state index in [2.05, 4.69) is 21.3 Å². The van der Waals surface area contributed by atoms with E-state index in [0.29, 0.717) is 0 Å². The first-order valence-corrected chi connectivity index (χ1v) is 3.81. The van der Waals surface area contributed by atoms with Crippen LogP contribution in [0.1, 0.15) is 0 Å². The summed E-state index contributed by atoms with van der Waals surface area (Å²) < 4.78 is 4.61. The van der Waals surface area contributed by atoms with Crippen molar-refractivity contribution in [3.8, 4) is 12.3 Å². The van der Waals surface area contributed by atoms with Gasteiger partial charge in [0.1, 0.15) is 0 Å². The molecule has 0 radical (unpaired) electrons. The molecule has 14 heavy (non-hydrogen) atoms. The number of methoxy groups -OCH3 is 1. The number of nitrogens with one attached hydrogen (secondary N) is 2. The number of urea groups is 1. The number of rotatable bonds is 5. The summed E-state index contributed by atoms with van der Waals surface area (Å²) in [6, 6.07) is -1.70. The van der Waals surface area contributed by atoms with Gasteiger partial charge in [0.15, 0.2) is 6.04 Å². The van der Waals surface area contributed by atoms with Crippen LogP contribution in [0.2, 0.25) is 0 Å². The lowest BCUT2D eigenvalue weighted by Gasteiger charge is -2.13. The highest BCUT2D eigenvalue weighted by Gasteiger charge is 2.18. The van der Waals surface area contributed by atoms with Gasteiger partial charge in [-0.25, -0.2) is 9.59 Å². The van der Waals surface area contributed by atoms with Gasteiger partial charge >= 0.3 is 12.0 Å². The second-order valence-electron chi connectivity index (χ2n) is 2.38. The van der Waals surface area contributed by atoms with Crippen molar-refractivity contribution in [1.29, 1.82) is 0 Å². The molecule has 0 aromatic carbocycles. The van der Waals surface area contributed by atoms with Gasteiger partial charge in [-0.05, 0) is 0 Å². The van der Waals surface area contributed by atoms with Crippen LogP contribution < -0.4 is 10.6 Å². The van der Waals surface area contributed by atoms with E-state index in [-0.39, 0.29) is 13.2 Å². The zero-order chi connectivity index (χ0) is 11.0. The molecule has 0 bridgehead atoms. The van der Waals surface area contributed by atoms with Crippen LogP contribution in [-0.2, 0) is 9.53 Å². The second-order valence-corrected chi connectivity index (χ2v) is 2.38. The molecule has 0 aromatic rings. The molecule has 0 spiro atoms. The Labute approximate surface area is 81.6 Å². The highest BCUT2D eigenvalue weighted by atomic mass is 16.5. The molecule has 1 unspecified atom stereocenters. The Morgan fingerprint density at radius 1 is 1.64 bits per heavy atom. The number of hydrogen-bond acceptors (Lipinski definition) is 3. The number of carboxylic acids is 1. The van der Waals surface area contributed by atoms with E-state index in [9.17, 15) is 9.59 Å². The highest BCUT2D eigenvalue weighted by Crippen LogP contribution is 1.85. The predicted octanol–water partition coefficient (Wildman–Crippen LogP) is -0.982. The van der Waals surface area contributed by atoms with Crippen molar-refractivity contribution in [2.24, 2.45) is 0 Å². The van der Waals surface area contributed by atoms with Crippen LogP contribution in [-0.4, -0.2) is 43.4 Å². The Morgan fingerprint density at radius 3 is 2.71 bits per heavy atom. The van der Waals surface area contributed by atoms with Gasteiger partial charge in [0, 0.05) is 7.11 Å². The van der Waals surface area contributed by atoms with Crippen LogP contribution in [0.25, 0.3) is 0 Å². The van der Waals surface area contributed by atoms with E-state index in [1.54, 1.807) is 0 Å². The number of carbonyl (C=O) groups excluding carboxylic acids is 1. The maximum absolute atomic E-state index is 11.0. The van der Waals surface area contributed by atoms with Crippen molar-refractivity contribution in [2.45, 2.75) is 6.04 Å². The molecular weight excluding hydrogens is 188 g/mol.